The highest BCUT2D eigenvalue weighted by atomic mass is 35.5. The molecular weight excluding hydrogens is 304 g/mol. The van der Waals surface area contributed by atoms with Gasteiger partial charge in [0.05, 0.1) is 16.3 Å². The molecule has 0 heterocycles. The third kappa shape index (κ3) is 5.18. The van der Waals surface area contributed by atoms with E-state index in [1.54, 1.807) is 13.2 Å². The van der Waals surface area contributed by atoms with Crippen molar-refractivity contribution in [3.63, 3.8) is 0 Å². The molecule has 2 unspecified atom stereocenters. The lowest BCUT2D eigenvalue weighted by molar-refractivity contribution is 0.0697. The van der Waals surface area contributed by atoms with Gasteiger partial charge < -0.3 is 15.7 Å². The van der Waals surface area contributed by atoms with Crippen molar-refractivity contribution in [2.45, 2.75) is 13.0 Å². The molecule has 110 valence electrons. The summed E-state index contributed by atoms with van der Waals surface area (Å²) in [7, 11) is -1.02. The Morgan fingerprint density at radius 1 is 1.45 bits per heavy atom. The molecule has 0 spiro atoms. The molecule has 0 aliphatic heterocycles. The number of amides is 2. The molecule has 2 amide bonds. The van der Waals surface area contributed by atoms with Crippen LogP contribution in [0.25, 0.3) is 0 Å². The molecule has 0 fully saturated rings. The van der Waals surface area contributed by atoms with E-state index in [2.05, 4.69) is 10.6 Å². The Balaban J connectivity index is 2.72. The first kappa shape index (κ1) is 16.5. The summed E-state index contributed by atoms with van der Waals surface area (Å²) in [5, 5.41) is 14.2. The largest absolute Gasteiger partial charge is 0.478 e. The fraction of sp³-hybridized carbons (Fsp3) is 0.333. The molecular formula is C12H15ClN2O4S. The van der Waals surface area contributed by atoms with E-state index in [-0.39, 0.29) is 22.3 Å². The van der Waals surface area contributed by atoms with Gasteiger partial charge in [0.25, 0.3) is 0 Å². The van der Waals surface area contributed by atoms with E-state index in [9.17, 15) is 13.8 Å². The van der Waals surface area contributed by atoms with Crippen molar-refractivity contribution in [1.82, 2.24) is 5.32 Å². The molecule has 0 saturated carbocycles. The number of aromatic carboxylic acids is 1. The molecule has 0 aliphatic rings. The van der Waals surface area contributed by atoms with Crippen molar-refractivity contribution in [1.29, 1.82) is 0 Å². The fourth-order valence-corrected chi connectivity index (χ4v) is 2.48. The average molecular weight is 319 g/mol. The molecule has 1 aromatic rings. The topological polar surface area (TPSA) is 95.5 Å². The standard InChI is InChI=1S/C12H15ClN2O4S/c1-7(6-20(2)19)14-12(18)15-10-5-8(11(16)17)3-4-9(10)13/h3-5,7H,6H2,1-2H3,(H,16,17)(H2,14,15,18). The fourth-order valence-electron chi connectivity index (χ4n) is 1.53. The number of anilines is 1. The quantitative estimate of drug-likeness (QED) is 0.773. The van der Waals surface area contributed by atoms with Crippen LogP contribution in [0.3, 0.4) is 0 Å². The molecule has 20 heavy (non-hydrogen) atoms. The zero-order valence-electron chi connectivity index (χ0n) is 11.0. The van der Waals surface area contributed by atoms with Crippen LogP contribution >= 0.6 is 11.6 Å². The minimum atomic E-state index is -1.11. The maximum absolute atomic E-state index is 11.7. The Hall–Kier alpha value is -1.60. The third-order valence-electron chi connectivity index (χ3n) is 2.32. The van der Waals surface area contributed by atoms with Crippen LogP contribution in [0.4, 0.5) is 10.5 Å². The van der Waals surface area contributed by atoms with E-state index in [1.807, 2.05) is 0 Å². The van der Waals surface area contributed by atoms with E-state index in [1.165, 1.54) is 18.2 Å². The predicted molar refractivity (Wildman–Crippen MR) is 79.0 cm³/mol. The number of hydrogen-bond donors (Lipinski definition) is 3. The number of benzene rings is 1. The summed E-state index contributed by atoms with van der Waals surface area (Å²) in [4.78, 5) is 22.6. The highest BCUT2D eigenvalue weighted by molar-refractivity contribution is 7.84. The summed E-state index contributed by atoms with van der Waals surface area (Å²) in [5.41, 5.74) is 0.223. The second-order valence-corrected chi connectivity index (χ2v) is 6.13. The Morgan fingerprint density at radius 3 is 2.65 bits per heavy atom. The Morgan fingerprint density at radius 2 is 2.10 bits per heavy atom. The molecule has 0 saturated heterocycles. The Kier molecular flexibility index (Phi) is 5.97. The number of urea groups is 1. The zero-order valence-corrected chi connectivity index (χ0v) is 12.5. The van der Waals surface area contributed by atoms with Gasteiger partial charge in [-0.2, -0.15) is 0 Å². The van der Waals surface area contributed by atoms with Gasteiger partial charge in [-0.25, -0.2) is 9.59 Å². The van der Waals surface area contributed by atoms with Crippen molar-refractivity contribution in [3.8, 4) is 0 Å². The SMILES string of the molecule is CC(CS(C)=O)NC(=O)Nc1cc(C(=O)O)ccc1Cl. The van der Waals surface area contributed by atoms with Gasteiger partial charge in [0.2, 0.25) is 0 Å². The third-order valence-corrected chi connectivity index (χ3v) is 3.62. The van der Waals surface area contributed by atoms with Crippen LogP contribution in [0.15, 0.2) is 18.2 Å². The molecule has 2 atom stereocenters. The molecule has 1 aromatic carbocycles. The van der Waals surface area contributed by atoms with Crippen LogP contribution in [0.1, 0.15) is 17.3 Å². The molecule has 0 radical (unpaired) electrons. The van der Waals surface area contributed by atoms with E-state index < -0.39 is 22.8 Å². The van der Waals surface area contributed by atoms with E-state index in [4.69, 9.17) is 16.7 Å². The lowest BCUT2D eigenvalue weighted by Gasteiger charge is -2.14. The summed E-state index contributed by atoms with van der Waals surface area (Å²) in [6.07, 6.45) is 1.54. The lowest BCUT2D eigenvalue weighted by atomic mass is 10.2. The molecule has 0 aromatic heterocycles. The van der Waals surface area contributed by atoms with Crippen LogP contribution in [0, 0.1) is 0 Å². The second kappa shape index (κ2) is 7.25. The molecule has 3 N–H and O–H groups in total. The molecule has 0 aliphatic carbocycles. The second-order valence-electron chi connectivity index (χ2n) is 4.24. The smallest absolute Gasteiger partial charge is 0.335 e. The van der Waals surface area contributed by atoms with Gasteiger partial charge in [0, 0.05) is 28.9 Å². The Bertz CT molecular complexity index is 550. The molecule has 6 nitrogen and oxygen atoms in total. The minimum Gasteiger partial charge on any atom is -0.478 e. The van der Waals surface area contributed by atoms with Crippen LogP contribution in [0.5, 0.6) is 0 Å². The van der Waals surface area contributed by atoms with Crippen LogP contribution < -0.4 is 10.6 Å². The summed E-state index contributed by atoms with van der Waals surface area (Å²) >= 11 is 5.88. The summed E-state index contributed by atoms with van der Waals surface area (Å²) < 4.78 is 11.0. The number of carbonyl (C=O) groups is 2. The molecule has 8 heteroatoms. The number of hydrogen-bond acceptors (Lipinski definition) is 3. The first-order chi connectivity index (χ1) is 9.29. The monoisotopic (exact) mass is 318 g/mol. The number of halogens is 1. The van der Waals surface area contributed by atoms with Gasteiger partial charge in [-0.1, -0.05) is 11.6 Å². The summed E-state index contributed by atoms with van der Waals surface area (Å²) in [6, 6.07) is 3.20. The van der Waals surface area contributed by atoms with Crippen molar-refractivity contribution in [3.05, 3.63) is 28.8 Å². The van der Waals surface area contributed by atoms with E-state index in [0.29, 0.717) is 5.75 Å². The summed E-state index contributed by atoms with van der Waals surface area (Å²) in [5.74, 6) is -0.782. The minimum absolute atomic E-state index is 0.0208. The normalized spacial score (nSPS) is 13.3. The number of rotatable bonds is 5. The van der Waals surface area contributed by atoms with Gasteiger partial charge >= 0.3 is 12.0 Å². The van der Waals surface area contributed by atoms with Crippen LogP contribution in [-0.4, -0.2) is 39.4 Å². The van der Waals surface area contributed by atoms with E-state index >= 15 is 0 Å². The van der Waals surface area contributed by atoms with Crippen molar-refractivity contribution in [2.24, 2.45) is 0 Å². The predicted octanol–water partition coefficient (Wildman–Crippen LogP) is 1.93. The maximum atomic E-state index is 11.7. The van der Waals surface area contributed by atoms with Gasteiger partial charge in [0.15, 0.2) is 0 Å². The van der Waals surface area contributed by atoms with E-state index in [0.717, 1.165) is 0 Å². The first-order valence-corrected chi connectivity index (χ1v) is 7.80. The van der Waals surface area contributed by atoms with Gasteiger partial charge in [-0.05, 0) is 25.1 Å². The lowest BCUT2D eigenvalue weighted by Crippen LogP contribution is -2.39. The maximum Gasteiger partial charge on any atom is 0.335 e. The highest BCUT2D eigenvalue weighted by Crippen LogP contribution is 2.23. The van der Waals surface area contributed by atoms with Gasteiger partial charge in [-0.3, -0.25) is 4.21 Å². The van der Waals surface area contributed by atoms with Crippen molar-refractivity contribution < 1.29 is 18.9 Å². The molecule has 0 bridgehead atoms. The number of carboxylic acid groups (broad SMARTS) is 1. The van der Waals surface area contributed by atoms with Crippen molar-refractivity contribution >= 4 is 40.1 Å². The number of carbonyl (C=O) groups excluding carboxylic acids is 1. The first-order valence-electron chi connectivity index (χ1n) is 5.70. The highest BCUT2D eigenvalue weighted by Gasteiger charge is 2.12. The number of carboxylic acids is 1. The van der Waals surface area contributed by atoms with Crippen molar-refractivity contribution in [2.75, 3.05) is 17.3 Å². The van der Waals surface area contributed by atoms with Crippen LogP contribution in [0.2, 0.25) is 5.02 Å². The molecule has 1 rings (SSSR count). The van der Waals surface area contributed by atoms with Gasteiger partial charge in [0.1, 0.15) is 0 Å². The average Bonchev–Trinajstić information content (AvgIpc) is 2.30. The Labute approximate surface area is 124 Å². The van der Waals surface area contributed by atoms with Gasteiger partial charge in [-0.15, -0.1) is 0 Å². The number of nitrogens with one attached hydrogen (secondary N) is 2. The zero-order chi connectivity index (χ0) is 15.3. The van der Waals surface area contributed by atoms with Crippen LogP contribution in [-0.2, 0) is 10.8 Å². The summed E-state index contributed by atoms with van der Waals surface area (Å²) in [6.45, 7) is 1.72.